The summed E-state index contributed by atoms with van der Waals surface area (Å²) in [7, 11) is 3.25. The lowest BCUT2D eigenvalue weighted by molar-refractivity contribution is 0.354. The summed E-state index contributed by atoms with van der Waals surface area (Å²) in [5.41, 5.74) is 1.09. The summed E-state index contributed by atoms with van der Waals surface area (Å²) in [6.45, 7) is 1.05. The maximum Gasteiger partial charge on any atom is 0.162 e. The number of benzene rings is 1. The third-order valence-corrected chi connectivity index (χ3v) is 3.27. The Morgan fingerprint density at radius 2 is 1.94 bits per heavy atom. The van der Waals surface area contributed by atoms with E-state index in [2.05, 4.69) is 5.32 Å². The summed E-state index contributed by atoms with van der Waals surface area (Å²) in [6.07, 6.45) is 2.31. The standard InChI is InChI=1S/C12H16ClNO2/c1-15-11-6-8(10-4-3-5-14-10)9(13)7-12(11)16-2/h6-7,10,14H,3-5H2,1-2H3. The van der Waals surface area contributed by atoms with Crippen molar-refractivity contribution >= 4 is 11.6 Å². The number of rotatable bonds is 3. The highest BCUT2D eigenvalue weighted by Gasteiger charge is 2.21. The number of hydrogen-bond acceptors (Lipinski definition) is 3. The first kappa shape index (κ1) is 11.6. The fraction of sp³-hybridized carbons (Fsp3) is 0.500. The number of nitrogens with one attached hydrogen (secondary N) is 1. The van der Waals surface area contributed by atoms with Gasteiger partial charge in [-0.15, -0.1) is 0 Å². The van der Waals surface area contributed by atoms with E-state index >= 15 is 0 Å². The highest BCUT2D eigenvalue weighted by atomic mass is 35.5. The zero-order valence-electron chi connectivity index (χ0n) is 9.55. The quantitative estimate of drug-likeness (QED) is 0.883. The molecular weight excluding hydrogens is 226 g/mol. The lowest BCUT2D eigenvalue weighted by Crippen LogP contribution is -2.13. The van der Waals surface area contributed by atoms with Gasteiger partial charge in [-0.1, -0.05) is 11.6 Å². The molecule has 0 bridgehead atoms. The summed E-state index contributed by atoms with van der Waals surface area (Å²) < 4.78 is 10.5. The van der Waals surface area contributed by atoms with Crippen LogP contribution in [0.5, 0.6) is 11.5 Å². The molecule has 4 heteroatoms. The van der Waals surface area contributed by atoms with Gasteiger partial charge in [0.05, 0.1) is 14.2 Å². The summed E-state index contributed by atoms with van der Waals surface area (Å²) in [4.78, 5) is 0. The number of methoxy groups -OCH3 is 2. The maximum atomic E-state index is 6.24. The van der Waals surface area contributed by atoms with Crippen LogP contribution in [0.15, 0.2) is 12.1 Å². The first-order valence-electron chi connectivity index (χ1n) is 5.41. The van der Waals surface area contributed by atoms with Crippen LogP contribution in [-0.2, 0) is 0 Å². The van der Waals surface area contributed by atoms with Gasteiger partial charge >= 0.3 is 0 Å². The minimum absolute atomic E-state index is 0.340. The highest BCUT2D eigenvalue weighted by molar-refractivity contribution is 6.31. The molecule has 0 aliphatic carbocycles. The van der Waals surface area contributed by atoms with Crippen LogP contribution in [-0.4, -0.2) is 20.8 Å². The predicted molar refractivity (Wildman–Crippen MR) is 64.5 cm³/mol. The number of ether oxygens (including phenoxy) is 2. The second-order valence-corrected chi connectivity index (χ2v) is 4.28. The summed E-state index contributed by atoms with van der Waals surface area (Å²) in [5, 5.41) is 4.16. The summed E-state index contributed by atoms with van der Waals surface area (Å²) in [5.74, 6) is 1.41. The Hall–Kier alpha value is -0.930. The first-order chi connectivity index (χ1) is 7.76. The third kappa shape index (κ3) is 2.11. The van der Waals surface area contributed by atoms with Gasteiger partial charge in [-0.25, -0.2) is 0 Å². The molecule has 16 heavy (non-hydrogen) atoms. The van der Waals surface area contributed by atoms with Crippen molar-refractivity contribution in [3.63, 3.8) is 0 Å². The Morgan fingerprint density at radius 3 is 2.50 bits per heavy atom. The molecule has 1 heterocycles. The average molecular weight is 242 g/mol. The molecule has 88 valence electrons. The van der Waals surface area contributed by atoms with Gasteiger partial charge in [0, 0.05) is 17.1 Å². The van der Waals surface area contributed by atoms with Crippen molar-refractivity contribution in [3.8, 4) is 11.5 Å². The average Bonchev–Trinajstić information content (AvgIpc) is 2.82. The molecular formula is C12H16ClNO2. The molecule has 1 aromatic carbocycles. The van der Waals surface area contributed by atoms with Crippen LogP contribution < -0.4 is 14.8 Å². The monoisotopic (exact) mass is 241 g/mol. The van der Waals surface area contributed by atoms with E-state index in [-0.39, 0.29) is 0 Å². The molecule has 1 aliphatic heterocycles. The van der Waals surface area contributed by atoms with Crippen LogP contribution in [0.25, 0.3) is 0 Å². The molecule has 1 atom stereocenters. The smallest absolute Gasteiger partial charge is 0.162 e. The van der Waals surface area contributed by atoms with E-state index in [1.54, 1.807) is 14.2 Å². The molecule has 3 nitrogen and oxygen atoms in total. The van der Waals surface area contributed by atoms with Crippen molar-refractivity contribution in [2.24, 2.45) is 0 Å². The fourth-order valence-corrected chi connectivity index (χ4v) is 2.37. The van der Waals surface area contributed by atoms with Crippen molar-refractivity contribution in [3.05, 3.63) is 22.7 Å². The van der Waals surface area contributed by atoms with E-state index in [4.69, 9.17) is 21.1 Å². The van der Waals surface area contributed by atoms with E-state index in [1.807, 2.05) is 12.1 Å². The van der Waals surface area contributed by atoms with Crippen LogP contribution in [0.3, 0.4) is 0 Å². The second kappa shape index (κ2) is 4.93. The largest absolute Gasteiger partial charge is 0.493 e. The third-order valence-electron chi connectivity index (χ3n) is 2.94. The van der Waals surface area contributed by atoms with Crippen LogP contribution in [0.2, 0.25) is 5.02 Å². The van der Waals surface area contributed by atoms with Crippen molar-refractivity contribution < 1.29 is 9.47 Å². The lowest BCUT2D eigenvalue weighted by atomic mass is 10.0. The van der Waals surface area contributed by atoms with Crippen molar-refractivity contribution in [2.45, 2.75) is 18.9 Å². The van der Waals surface area contributed by atoms with Crippen molar-refractivity contribution in [1.29, 1.82) is 0 Å². The maximum absolute atomic E-state index is 6.24. The van der Waals surface area contributed by atoms with E-state index in [9.17, 15) is 0 Å². The molecule has 0 amide bonds. The predicted octanol–water partition coefficient (Wildman–Crippen LogP) is 2.78. The normalized spacial score (nSPS) is 19.8. The zero-order valence-corrected chi connectivity index (χ0v) is 10.3. The fourth-order valence-electron chi connectivity index (χ4n) is 2.09. The molecule has 0 radical (unpaired) electrons. The van der Waals surface area contributed by atoms with Gasteiger partial charge in [-0.3, -0.25) is 0 Å². The van der Waals surface area contributed by atoms with Crippen LogP contribution in [0.4, 0.5) is 0 Å². The molecule has 1 aliphatic rings. The van der Waals surface area contributed by atoms with Crippen LogP contribution >= 0.6 is 11.6 Å². The van der Waals surface area contributed by atoms with Crippen molar-refractivity contribution in [2.75, 3.05) is 20.8 Å². The molecule has 0 saturated carbocycles. The van der Waals surface area contributed by atoms with E-state index < -0.39 is 0 Å². The van der Waals surface area contributed by atoms with Gasteiger partial charge in [-0.2, -0.15) is 0 Å². The topological polar surface area (TPSA) is 30.5 Å². The Kier molecular flexibility index (Phi) is 3.56. The Bertz CT molecular complexity index is 376. The second-order valence-electron chi connectivity index (χ2n) is 3.88. The van der Waals surface area contributed by atoms with E-state index in [1.165, 1.54) is 6.42 Å². The molecule has 1 N–H and O–H groups in total. The molecule has 0 aromatic heterocycles. The van der Waals surface area contributed by atoms with Crippen molar-refractivity contribution in [1.82, 2.24) is 5.32 Å². The molecule has 2 rings (SSSR count). The lowest BCUT2D eigenvalue weighted by Gasteiger charge is -2.16. The zero-order chi connectivity index (χ0) is 11.5. The minimum atomic E-state index is 0.340. The minimum Gasteiger partial charge on any atom is -0.493 e. The van der Waals surface area contributed by atoms with Gasteiger partial charge in [0.1, 0.15) is 0 Å². The Labute approximate surface area is 101 Å². The van der Waals surface area contributed by atoms with Gasteiger partial charge < -0.3 is 14.8 Å². The van der Waals surface area contributed by atoms with Gasteiger partial charge in [-0.05, 0) is 31.0 Å². The Morgan fingerprint density at radius 1 is 1.25 bits per heavy atom. The van der Waals surface area contributed by atoms with Gasteiger partial charge in [0.2, 0.25) is 0 Å². The number of halogens is 1. The highest BCUT2D eigenvalue weighted by Crippen LogP contribution is 2.37. The van der Waals surface area contributed by atoms with Gasteiger partial charge in [0.15, 0.2) is 11.5 Å². The SMILES string of the molecule is COc1cc(Cl)c(C2CCCN2)cc1OC. The summed E-state index contributed by atoms with van der Waals surface area (Å²) in [6, 6.07) is 4.12. The summed E-state index contributed by atoms with van der Waals surface area (Å²) >= 11 is 6.24. The number of hydrogen-bond donors (Lipinski definition) is 1. The molecule has 1 unspecified atom stereocenters. The van der Waals surface area contributed by atoms with E-state index in [0.717, 1.165) is 29.3 Å². The van der Waals surface area contributed by atoms with Crippen LogP contribution in [0.1, 0.15) is 24.4 Å². The molecule has 0 spiro atoms. The molecule has 1 fully saturated rings. The van der Waals surface area contributed by atoms with Gasteiger partial charge in [0.25, 0.3) is 0 Å². The molecule has 1 aromatic rings. The molecule has 1 saturated heterocycles. The van der Waals surface area contributed by atoms with Crippen LogP contribution in [0, 0.1) is 0 Å². The van der Waals surface area contributed by atoms with E-state index in [0.29, 0.717) is 11.8 Å². The Balaban J connectivity index is 2.37. The first-order valence-corrected chi connectivity index (χ1v) is 5.79.